The van der Waals surface area contributed by atoms with Crippen LogP contribution in [0.5, 0.6) is 0 Å². The van der Waals surface area contributed by atoms with Gasteiger partial charge in [-0.25, -0.2) is 14.5 Å². The fraction of sp³-hybridized carbons (Fsp3) is 0.462. The fourth-order valence-electron chi connectivity index (χ4n) is 4.59. The van der Waals surface area contributed by atoms with Gasteiger partial charge in [-0.1, -0.05) is 69.7 Å². The van der Waals surface area contributed by atoms with E-state index >= 15 is 0 Å². The predicted octanol–water partition coefficient (Wildman–Crippen LogP) is 5.55. The number of hydrogen-bond donors (Lipinski definition) is 1. The number of nitrogens with zero attached hydrogens (tertiary/aromatic N) is 4. The first kappa shape index (κ1) is 22.2. The Labute approximate surface area is 189 Å². The van der Waals surface area contributed by atoms with Crippen molar-refractivity contribution < 1.29 is 9.90 Å². The van der Waals surface area contributed by atoms with Crippen molar-refractivity contribution in [2.45, 2.75) is 71.3 Å². The minimum absolute atomic E-state index is 0.214. The van der Waals surface area contributed by atoms with Crippen LogP contribution < -0.4 is 0 Å². The van der Waals surface area contributed by atoms with Gasteiger partial charge in [0.05, 0.1) is 12.1 Å². The second-order valence-corrected chi connectivity index (χ2v) is 8.84. The second kappa shape index (κ2) is 10.5. The van der Waals surface area contributed by atoms with Gasteiger partial charge in [-0.05, 0) is 35.1 Å². The van der Waals surface area contributed by atoms with Gasteiger partial charge in [0.15, 0.2) is 5.82 Å². The molecule has 168 valence electrons. The Bertz CT molecular complexity index is 1040. The smallest absolute Gasteiger partial charge is 0.337 e. The summed E-state index contributed by atoms with van der Waals surface area (Å²) in [6, 6.07) is 9.79. The zero-order chi connectivity index (χ0) is 22.3. The number of hydrogen-bond acceptors (Lipinski definition) is 4. The Kier molecular flexibility index (Phi) is 7.30. The van der Waals surface area contributed by atoms with E-state index in [-0.39, 0.29) is 5.56 Å². The van der Waals surface area contributed by atoms with Gasteiger partial charge in [-0.15, -0.1) is 0 Å². The summed E-state index contributed by atoms with van der Waals surface area (Å²) >= 11 is 0. The zero-order valence-electron chi connectivity index (χ0n) is 18.8. The quantitative estimate of drug-likeness (QED) is 0.479. The molecule has 1 N–H and O–H groups in total. The molecule has 2 heterocycles. The summed E-state index contributed by atoms with van der Waals surface area (Å²) in [7, 11) is 0. The minimum Gasteiger partial charge on any atom is -0.478 e. The summed E-state index contributed by atoms with van der Waals surface area (Å²) in [6.45, 7) is 2.88. The van der Waals surface area contributed by atoms with Gasteiger partial charge >= 0.3 is 5.97 Å². The highest BCUT2D eigenvalue weighted by Gasteiger charge is 2.18. The topological polar surface area (TPSA) is 80.9 Å². The largest absolute Gasteiger partial charge is 0.478 e. The summed E-state index contributed by atoms with van der Waals surface area (Å²) in [6.07, 6.45) is 13.8. The molecule has 2 aromatic heterocycles. The van der Waals surface area contributed by atoms with Gasteiger partial charge in [-0.2, -0.15) is 5.10 Å². The molecule has 0 aliphatic heterocycles. The number of aromatic carboxylic acids is 1. The van der Waals surface area contributed by atoms with Crippen molar-refractivity contribution in [3.05, 3.63) is 65.5 Å². The lowest BCUT2D eigenvalue weighted by Crippen LogP contribution is -2.11. The van der Waals surface area contributed by atoms with Crippen LogP contribution in [0.25, 0.3) is 11.1 Å². The molecule has 32 heavy (non-hydrogen) atoms. The maximum atomic E-state index is 11.5. The number of aryl methyl sites for hydroxylation is 1. The SMILES string of the molecule is CCCCc1nc(CC2CCCCC2)nn1Cc1ccc(-c2ccncc2C(=O)O)cc1. The molecule has 1 aliphatic carbocycles. The molecule has 0 amide bonds. The summed E-state index contributed by atoms with van der Waals surface area (Å²) < 4.78 is 2.07. The van der Waals surface area contributed by atoms with Crippen LogP contribution >= 0.6 is 0 Å². The molecule has 3 aromatic rings. The Morgan fingerprint density at radius 3 is 2.62 bits per heavy atom. The molecule has 6 heteroatoms. The Balaban J connectivity index is 1.52. The van der Waals surface area contributed by atoms with E-state index in [0.717, 1.165) is 54.4 Å². The molecule has 1 saturated carbocycles. The molecule has 0 radical (unpaired) electrons. The molecule has 1 fully saturated rings. The number of aromatic nitrogens is 4. The second-order valence-electron chi connectivity index (χ2n) is 8.84. The third-order valence-electron chi connectivity index (χ3n) is 6.39. The van der Waals surface area contributed by atoms with Crippen LogP contribution in [0.4, 0.5) is 0 Å². The molecular weight excluding hydrogens is 400 g/mol. The van der Waals surface area contributed by atoms with E-state index in [1.165, 1.54) is 38.3 Å². The molecule has 0 bridgehead atoms. The highest BCUT2D eigenvalue weighted by Crippen LogP contribution is 2.27. The lowest BCUT2D eigenvalue weighted by molar-refractivity contribution is 0.0697. The van der Waals surface area contributed by atoms with Crippen LogP contribution in [-0.4, -0.2) is 30.8 Å². The molecular formula is C26H32N4O2. The summed E-state index contributed by atoms with van der Waals surface area (Å²) in [5, 5.41) is 14.3. The van der Waals surface area contributed by atoms with Gasteiger partial charge in [-0.3, -0.25) is 4.98 Å². The third-order valence-corrected chi connectivity index (χ3v) is 6.39. The van der Waals surface area contributed by atoms with E-state index in [1.807, 2.05) is 24.3 Å². The molecule has 4 rings (SSSR count). The monoisotopic (exact) mass is 432 g/mol. The average Bonchev–Trinajstić information content (AvgIpc) is 3.19. The van der Waals surface area contributed by atoms with E-state index < -0.39 is 5.97 Å². The van der Waals surface area contributed by atoms with Crippen molar-refractivity contribution >= 4 is 5.97 Å². The van der Waals surface area contributed by atoms with Crippen molar-refractivity contribution in [2.24, 2.45) is 5.92 Å². The third kappa shape index (κ3) is 5.42. The standard InChI is InChI=1S/C26H32N4O2/c1-2-3-9-25-28-24(16-19-7-5-4-6-8-19)29-30(25)18-20-10-12-21(13-11-20)22-14-15-27-17-23(22)26(31)32/h10-15,17,19H,2-9,16,18H2,1H3,(H,31,32). The zero-order valence-corrected chi connectivity index (χ0v) is 18.8. The molecule has 6 nitrogen and oxygen atoms in total. The van der Waals surface area contributed by atoms with E-state index in [2.05, 4.69) is 16.6 Å². The fourth-order valence-corrected chi connectivity index (χ4v) is 4.59. The number of carbonyl (C=O) groups is 1. The van der Waals surface area contributed by atoms with Crippen LogP contribution in [-0.2, 0) is 19.4 Å². The first-order valence-corrected chi connectivity index (χ1v) is 11.8. The number of benzene rings is 1. The number of unbranched alkanes of at least 4 members (excludes halogenated alkanes) is 1. The molecule has 1 aromatic carbocycles. The Hall–Kier alpha value is -3.02. The van der Waals surface area contributed by atoms with Gasteiger partial charge in [0.1, 0.15) is 5.82 Å². The maximum absolute atomic E-state index is 11.5. The predicted molar refractivity (Wildman–Crippen MR) is 125 cm³/mol. The lowest BCUT2D eigenvalue weighted by atomic mass is 9.87. The van der Waals surface area contributed by atoms with Gasteiger partial charge < -0.3 is 5.11 Å². The van der Waals surface area contributed by atoms with E-state index in [1.54, 1.807) is 12.3 Å². The summed E-state index contributed by atoms with van der Waals surface area (Å²) in [4.78, 5) is 20.4. The van der Waals surface area contributed by atoms with Crippen molar-refractivity contribution in [1.82, 2.24) is 19.7 Å². The Morgan fingerprint density at radius 1 is 1.12 bits per heavy atom. The number of carboxylic acid groups (broad SMARTS) is 1. The van der Waals surface area contributed by atoms with E-state index in [4.69, 9.17) is 10.1 Å². The number of pyridine rings is 1. The van der Waals surface area contributed by atoms with Crippen LogP contribution in [0.1, 0.15) is 79.4 Å². The van der Waals surface area contributed by atoms with Crippen LogP contribution in [0.15, 0.2) is 42.7 Å². The molecule has 1 aliphatic rings. The van der Waals surface area contributed by atoms with Crippen molar-refractivity contribution in [1.29, 1.82) is 0 Å². The van der Waals surface area contributed by atoms with Crippen molar-refractivity contribution in [2.75, 3.05) is 0 Å². The Morgan fingerprint density at radius 2 is 1.91 bits per heavy atom. The number of rotatable bonds is 9. The highest BCUT2D eigenvalue weighted by molar-refractivity contribution is 5.95. The van der Waals surface area contributed by atoms with Crippen molar-refractivity contribution in [3.8, 4) is 11.1 Å². The molecule has 0 unspecified atom stereocenters. The first-order chi connectivity index (χ1) is 15.6. The molecule has 0 spiro atoms. The van der Waals surface area contributed by atoms with Gasteiger partial charge in [0.25, 0.3) is 0 Å². The van der Waals surface area contributed by atoms with Crippen LogP contribution in [0.3, 0.4) is 0 Å². The summed E-state index contributed by atoms with van der Waals surface area (Å²) in [5.74, 6) is 1.82. The van der Waals surface area contributed by atoms with Gasteiger partial charge in [0.2, 0.25) is 0 Å². The molecule has 0 saturated heterocycles. The van der Waals surface area contributed by atoms with Crippen molar-refractivity contribution in [3.63, 3.8) is 0 Å². The van der Waals surface area contributed by atoms with Gasteiger partial charge in [0, 0.05) is 25.2 Å². The van der Waals surface area contributed by atoms with E-state index in [9.17, 15) is 9.90 Å². The average molecular weight is 433 g/mol. The normalized spacial score (nSPS) is 14.5. The van der Waals surface area contributed by atoms with Crippen LogP contribution in [0.2, 0.25) is 0 Å². The minimum atomic E-state index is -0.967. The molecule has 0 atom stereocenters. The van der Waals surface area contributed by atoms with Crippen LogP contribution in [0, 0.1) is 5.92 Å². The lowest BCUT2D eigenvalue weighted by Gasteiger charge is -2.19. The van der Waals surface area contributed by atoms with E-state index in [0.29, 0.717) is 12.1 Å². The summed E-state index contributed by atoms with van der Waals surface area (Å²) in [5.41, 5.74) is 2.90. The maximum Gasteiger partial charge on any atom is 0.337 e. The number of carboxylic acids is 1. The highest BCUT2D eigenvalue weighted by atomic mass is 16.4. The first-order valence-electron chi connectivity index (χ1n) is 11.8.